The maximum atomic E-state index is 12.1. The van der Waals surface area contributed by atoms with Gasteiger partial charge in [0.1, 0.15) is 0 Å². The Morgan fingerprint density at radius 3 is 2.41 bits per heavy atom. The van der Waals surface area contributed by atoms with E-state index in [-0.39, 0.29) is 5.91 Å². The third kappa shape index (κ3) is 2.82. The van der Waals surface area contributed by atoms with Crippen LogP contribution in [0, 0.1) is 11.8 Å². The molecule has 1 amide bonds. The minimum Gasteiger partial charge on any atom is -0.348 e. The first-order valence-electron chi connectivity index (χ1n) is 7.19. The predicted molar refractivity (Wildman–Crippen MR) is 69.5 cm³/mol. The summed E-state index contributed by atoms with van der Waals surface area (Å²) in [5, 5.41) is 3.28. The molecule has 2 aliphatic rings. The number of fused-ring (bicyclic) bond motifs is 2. The summed E-state index contributed by atoms with van der Waals surface area (Å²) < 4.78 is 0.854. The minimum atomic E-state index is 0.258. The Hall–Kier alpha value is -0.570. The van der Waals surface area contributed by atoms with Crippen LogP contribution in [0.3, 0.4) is 0 Å². The van der Waals surface area contributed by atoms with Crippen LogP contribution >= 0.6 is 0 Å². The monoisotopic (exact) mass is 239 g/mol. The van der Waals surface area contributed by atoms with E-state index in [4.69, 9.17) is 0 Å². The molecule has 2 fully saturated rings. The largest absolute Gasteiger partial charge is 0.348 e. The number of nitrogens with zero attached hydrogens (tertiary/aromatic N) is 1. The van der Waals surface area contributed by atoms with E-state index in [2.05, 4.69) is 26.2 Å². The van der Waals surface area contributed by atoms with Gasteiger partial charge in [-0.25, -0.2) is 0 Å². The first kappa shape index (κ1) is 12.9. The van der Waals surface area contributed by atoms with Crippen molar-refractivity contribution in [2.45, 2.75) is 45.6 Å². The quantitative estimate of drug-likeness (QED) is 0.728. The van der Waals surface area contributed by atoms with Crippen molar-refractivity contribution < 1.29 is 9.28 Å². The van der Waals surface area contributed by atoms with E-state index in [0.29, 0.717) is 12.6 Å². The van der Waals surface area contributed by atoms with E-state index in [0.717, 1.165) is 29.4 Å². The van der Waals surface area contributed by atoms with E-state index >= 15 is 0 Å². The lowest BCUT2D eigenvalue weighted by molar-refractivity contribution is -0.898. The van der Waals surface area contributed by atoms with Crippen LogP contribution in [-0.2, 0) is 4.79 Å². The summed E-state index contributed by atoms with van der Waals surface area (Å²) in [4.78, 5) is 12.1. The summed E-state index contributed by atoms with van der Waals surface area (Å²) in [5.41, 5.74) is 0. The number of quaternary nitrogens is 1. The molecule has 0 aromatic rings. The summed E-state index contributed by atoms with van der Waals surface area (Å²) in [6.07, 6.45) is 5.33. The molecule has 2 aliphatic carbocycles. The van der Waals surface area contributed by atoms with Crippen LogP contribution in [-0.4, -0.2) is 43.1 Å². The molecule has 2 rings (SSSR count). The average molecular weight is 239 g/mol. The second-order valence-electron chi connectivity index (χ2n) is 6.26. The zero-order chi connectivity index (χ0) is 12.5. The number of hydrogen-bond donors (Lipinski definition) is 1. The van der Waals surface area contributed by atoms with E-state index in [9.17, 15) is 4.79 Å². The zero-order valence-electron chi connectivity index (χ0n) is 11.5. The first-order valence-corrected chi connectivity index (χ1v) is 7.19. The minimum absolute atomic E-state index is 0.258. The lowest BCUT2D eigenvalue weighted by Crippen LogP contribution is -2.52. The van der Waals surface area contributed by atoms with Gasteiger partial charge in [0, 0.05) is 6.04 Å². The van der Waals surface area contributed by atoms with Crippen molar-refractivity contribution >= 4 is 5.91 Å². The molecule has 17 heavy (non-hydrogen) atoms. The maximum absolute atomic E-state index is 12.1. The number of rotatable bonds is 5. The van der Waals surface area contributed by atoms with Gasteiger partial charge in [0.2, 0.25) is 0 Å². The fourth-order valence-corrected chi connectivity index (χ4v) is 3.47. The fraction of sp³-hybridized carbons (Fsp3) is 0.929. The third-order valence-electron chi connectivity index (χ3n) is 5.14. The van der Waals surface area contributed by atoms with Crippen molar-refractivity contribution in [1.82, 2.24) is 5.32 Å². The number of amides is 1. The molecule has 98 valence electrons. The summed E-state index contributed by atoms with van der Waals surface area (Å²) in [6.45, 7) is 7.02. The van der Waals surface area contributed by atoms with Crippen LogP contribution in [0.5, 0.6) is 0 Å². The normalized spacial score (nSPS) is 31.8. The standard InChI is InChI=1S/C14H26N2O/c1-4-16(3,5-2)10-14(17)15-13-9-11-6-7-12(13)8-11/h11-13H,4-10H2,1-3H3/p+1/t11-,12+,13-/m0/s1. The summed E-state index contributed by atoms with van der Waals surface area (Å²) in [5.74, 6) is 1.95. The Labute approximate surface area is 105 Å². The summed E-state index contributed by atoms with van der Waals surface area (Å²) in [7, 11) is 2.17. The van der Waals surface area contributed by atoms with E-state index < -0.39 is 0 Å². The van der Waals surface area contributed by atoms with Crippen LogP contribution in [0.2, 0.25) is 0 Å². The van der Waals surface area contributed by atoms with Crippen molar-refractivity contribution in [1.29, 1.82) is 0 Å². The molecule has 3 heteroatoms. The second kappa shape index (κ2) is 4.97. The lowest BCUT2D eigenvalue weighted by atomic mass is 9.95. The highest BCUT2D eigenvalue weighted by molar-refractivity contribution is 5.77. The van der Waals surface area contributed by atoms with Crippen molar-refractivity contribution in [2.75, 3.05) is 26.7 Å². The molecule has 0 spiro atoms. The Kier molecular flexibility index (Phi) is 3.76. The molecule has 2 saturated carbocycles. The molecular weight excluding hydrogens is 212 g/mol. The molecule has 0 aromatic heterocycles. The van der Waals surface area contributed by atoms with Crippen LogP contribution in [0.4, 0.5) is 0 Å². The van der Waals surface area contributed by atoms with Crippen molar-refractivity contribution in [3.8, 4) is 0 Å². The van der Waals surface area contributed by atoms with Gasteiger partial charge < -0.3 is 9.80 Å². The molecule has 0 heterocycles. The number of hydrogen-bond acceptors (Lipinski definition) is 1. The van der Waals surface area contributed by atoms with Crippen LogP contribution < -0.4 is 5.32 Å². The highest BCUT2D eigenvalue weighted by Gasteiger charge is 2.40. The van der Waals surface area contributed by atoms with E-state index in [1.807, 2.05) is 0 Å². The zero-order valence-corrected chi connectivity index (χ0v) is 11.5. The number of likely N-dealkylation sites (N-methyl/N-ethyl adjacent to an activating group) is 1. The molecule has 3 atom stereocenters. The smallest absolute Gasteiger partial charge is 0.275 e. The van der Waals surface area contributed by atoms with Crippen LogP contribution in [0.15, 0.2) is 0 Å². The molecule has 1 N–H and O–H groups in total. The van der Waals surface area contributed by atoms with Crippen molar-refractivity contribution in [3.63, 3.8) is 0 Å². The number of carbonyl (C=O) groups is 1. The van der Waals surface area contributed by atoms with Gasteiger partial charge >= 0.3 is 0 Å². The molecule has 0 saturated heterocycles. The van der Waals surface area contributed by atoms with Gasteiger partial charge in [0.15, 0.2) is 6.54 Å². The Bertz CT molecular complexity index is 286. The van der Waals surface area contributed by atoms with Gasteiger partial charge in [-0.15, -0.1) is 0 Å². The Balaban J connectivity index is 1.81. The van der Waals surface area contributed by atoms with E-state index in [1.54, 1.807) is 0 Å². The average Bonchev–Trinajstić information content (AvgIpc) is 2.90. The van der Waals surface area contributed by atoms with Crippen molar-refractivity contribution in [2.24, 2.45) is 11.8 Å². The van der Waals surface area contributed by atoms with Gasteiger partial charge in [0.25, 0.3) is 5.91 Å². The number of carbonyl (C=O) groups excluding carboxylic acids is 1. The van der Waals surface area contributed by atoms with Gasteiger partial charge in [-0.05, 0) is 44.9 Å². The molecular formula is C14H27N2O+. The van der Waals surface area contributed by atoms with Gasteiger partial charge in [0.05, 0.1) is 20.1 Å². The highest BCUT2D eigenvalue weighted by atomic mass is 16.2. The topological polar surface area (TPSA) is 29.1 Å². The van der Waals surface area contributed by atoms with Gasteiger partial charge in [-0.1, -0.05) is 6.42 Å². The predicted octanol–water partition coefficient (Wildman–Crippen LogP) is 1.78. The molecule has 2 bridgehead atoms. The van der Waals surface area contributed by atoms with E-state index in [1.165, 1.54) is 25.7 Å². The first-order chi connectivity index (χ1) is 8.06. The molecule has 0 unspecified atom stereocenters. The Morgan fingerprint density at radius 2 is 1.94 bits per heavy atom. The lowest BCUT2D eigenvalue weighted by Gasteiger charge is -2.32. The fourth-order valence-electron chi connectivity index (χ4n) is 3.47. The Morgan fingerprint density at radius 1 is 1.24 bits per heavy atom. The van der Waals surface area contributed by atoms with Crippen molar-refractivity contribution in [3.05, 3.63) is 0 Å². The van der Waals surface area contributed by atoms with Gasteiger partial charge in [-0.2, -0.15) is 0 Å². The summed E-state index contributed by atoms with van der Waals surface area (Å²) >= 11 is 0. The SMILES string of the molecule is CC[N+](C)(CC)CC(=O)N[C@H]1C[C@H]2CC[C@@H]1C2. The van der Waals surface area contributed by atoms with Gasteiger partial charge in [-0.3, -0.25) is 4.79 Å². The van der Waals surface area contributed by atoms with Crippen LogP contribution in [0.1, 0.15) is 39.5 Å². The molecule has 3 nitrogen and oxygen atoms in total. The maximum Gasteiger partial charge on any atom is 0.275 e. The van der Waals surface area contributed by atoms with Crippen LogP contribution in [0.25, 0.3) is 0 Å². The molecule has 0 aliphatic heterocycles. The number of nitrogens with one attached hydrogen (secondary N) is 1. The highest BCUT2D eigenvalue weighted by Crippen LogP contribution is 2.44. The second-order valence-corrected chi connectivity index (χ2v) is 6.26. The summed E-state index contributed by atoms with van der Waals surface area (Å²) in [6, 6.07) is 0.489. The molecule has 0 aromatic carbocycles. The third-order valence-corrected chi connectivity index (χ3v) is 5.14. The molecule has 0 radical (unpaired) electrons.